The van der Waals surface area contributed by atoms with Crippen LogP contribution in [0.5, 0.6) is 0 Å². The summed E-state index contributed by atoms with van der Waals surface area (Å²) >= 11 is 11.2. The van der Waals surface area contributed by atoms with Gasteiger partial charge >= 0.3 is 5.97 Å². The summed E-state index contributed by atoms with van der Waals surface area (Å²) in [5.41, 5.74) is 2.49. The molecule has 8 nitrogen and oxygen atoms in total. The molecule has 2 aromatic carbocycles. The molecule has 0 bridgehead atoms. The molecule has 34 heavy (non-hydrogen) atoms. The summed E-state index contributed by atoms with van der Waals surface area (Å²) in [7, 11) is 3.75. The largest absolute Gasteiger partial charge is 0.477 e. The molecule has 1 amide bonds. The molecular weight excluding hydrogens is 479 g/mol. The second kappa shape index (κ2) is 11.1. The molecule has 1 aliphatic rings. The van der Waals surface area contributed by atoms with Crippen LogP contribution in [-0.4, -0.2) is 40.6 Å². The minimum Gasteiger partial charge on any atom is -0.477 e. The van der Waals surface area contributed by atoms with Crippen molar-refractivity contribution in [2.75, 3.05) is 19.4 Å². The van der Waals surface area contributed by atoms with Crippen LogP contribution in [0.4, 0.5) is 5.69 Å². The first kappa shape index (κ1) is 25.2. The van der Waals surface area contributed by atoms with Crippen LogP contribution in [-0.2, 0) is 16.1 Å². The summed E-state index contributed by atoms with van der Waals surface area (Å²) < 4.78 is 1.64. The molecule has 4 rings (SSSR count). The Labute approximate surface area is 205 Å². The Balaban J connectivity index is 0.00000103. The number of carboxylic acid groups (broad SMARTS) is 1. The summed E-state index contributed by atoms with van der Waals surface area (Å²) in [5.74, 6) is -1.81. The highest BCUT2D eigenvalue weighted by Gasteiger charge is 2.22. The third kappa shape index (κ3) is 5.53. The van der Waals surface area contributed by atoms with Gasteiger partial charge in [0.05, 0.1) is 10.9 Å². The van der Waals surface area contributed by atoms with Gasteiger partial charge in [0.1, 0.15) is 15.9 Å². The number of halogens is 2. The first-order chi connectivity index (χ1) is 16.3. The number of carboxylic acids is 1. The van der Waals surface area contributed by atoms with E-state index in [1.165, 1.54) is 12.1 Å². The number of carbonyl (C=O) groups is 2. The number of anilines is 1. The topological polar surface area (TPSA) is 113 Å². The third-order valence-electron chi connectivity index (χ3n) is 4.83. The van der Waals surface area contributed by atoms with Crippen molar-refractivity contribution in [1.29, 1.82) is 0 Å². The first-order valence-electron chi connectivity index (χ1n) is 10.3. The van der Waals surface area contributed by atoms with Crippen LogP contribution in [0.1, 0.15) is 17.8 Å². The van der Waals surface area contributed by atoms with Crippen LogP contribution in [0.3, 0.4) is 0 Å². The van der Waals surface area contributed by atoms with Crippen LogP contribution in [0, 0.1) is 0 Å². The number of amides is 1. The normalized spacial score (nSPS) is 14.2. The van der Waals surface area contributed by atoms with Gasteiger partial charge in [0.2, 0.25) is 0 Å². The Morgan fingerprint density at radius 3 is 2.41 bits per heavy atom. The summed E-state index contributed by atoms with van der Waals surface area (Å²) in [5, 5.41) is 13.0. The zero-order valence-electron chi connectivity index (χ0n) is 18.4. The highest BCUT2D eigenvalue weighted by Crippen LogP contribution is 2.28. The molecule has 0 radical (unpaired) electrons. The van der Waals surface area contributed by atoms with E-state index in [1.807, 2.05) is 50.5 Å². The molecule has 0 saturated carbocycles. The Bertz CT molecular complexity index is 1360. The number of nitrogens with zero attached hydrogens (tertiary/aromatic N) is 2. The van der Waals surface area contributed by atoms with Crippen LogP contribution >= 0.6 is 23.2 Å². The fraction of sp³-hybridized carbons (Fsp3) is 0.167. The predicted octanol–water partition coefficient (Wildman–Crippen LogP) is 3.89. The molecule has 0 fully saturated rings. The maximum absolute atomic E-state index is 12.9. The number of benzene rings is 2. The Morgan fingerprint density at radius 2 is 1.76 bits per heavy atom. The van der Waals surface area contributed by atoms with E-state index >= 15 is 0 Å². The Morgan fingerprint density at radius 1 is 1.09 bits per heavy atom. The van der Waals surface area contributed by atoms with Gasteiger partial charge in [0.15, 0.2) is 0 Å². The van der Waals surface area contributed by atoms with Gasteiger partial charge in [-0.25, -0.2) is 9.78 Å². The Kier molecular flexibility index (Phi) is 8.22. The number of rotatable bonds is 4. The quantitative estimate of drug-likeness (QED) is 0.468. The second-order valence-corrected chi connectivity index (χ2v) is 8.10. The van der Waals surface area contributed by atoms with Gasteiger partial charge in [-0.05, 0) is 55.9 Å². The summed E-state index contributed by atoms with van der Waals surface area (Å²) in [6.45, 7) is 0.544. The number of nitrogens with one attached hydrogen (secondary N) is 2. The molecule has 1 aromatic heterocycles. The van der Waals surface area contributed by atoms with Crippen LogP contribution in [0.25, 0.3) is 22.6 Å². The van der Waals surface area contributed by atoms with E-state index in [1.54, 1.807) is 10.6 Å². The molecule has 1 aliphatic heterocycles. The van der Waals surface area contributed by atoms with E-state index in [0.717, 1.165) is 11.1 Å². The molecule has 0 saturated heterocycles. The summed E-state index contributed by atoms with van der Waals surface area (Å²) in [6, 6.07) is 14.4. The summed E-state index contributed by atoms with van der Waals surface area (Å²) in [6.07, 6.45) is 2.69. The van der Waals surface area contributed by atoms with Gasteiger partial charge in [-0.2, -0.15) is 0 Å². The standard InChI is InChI=1S/C22H15Cl2N3O4.C2H7N/c23-17(18(24)22(30)31)20(28)25-14-6-7-15-16(11-14)26-19-13(8-9-27(19)21(15)29)10-12-4-2-1-3-5-12;1-3-2/h1-7,10-11H,8-9H2,(H,25,28)(H,30,31);3H,1-2H3. The van der Waals surface area contributed by atoms with E-state index in [9.17, 15) is 14.4 Å². The van der Waals surface area contributed by atoms with E-state index in [2.05, 4.69) is 15.6 Å². The number of allylic oxidation sites excluding steroid dienone is 1. The van der Waals surface area contributed by atoms with Gasteiger partial charge in [-0.1, -0.05) is 53.5 Å². The van der Waals surface area contributed by atoms with Crippen molar-refractivity contribution in [3.8, 4) is 0 Å². The molecule has 0 unspecified atom stereocenters. The highest BCUT2D eigenvalue weighted by atomic mass is 35.5. The molecule has 3 N–H and O–H groups in total. The van der Waals surface area contributed by atoms with Crippen molar-refractivity contribution < 1.29 is 14.7 Å². The van der Waals surface area contributed by atoms with Crippen molar-refractivity contribution in [2.45, 2.75) is 13.0 Å². The molecule has 0 spiro atoms. The number of hydrogen-bond acceptors (Lipinski definition) is 5. The van der Waals surface area contributed by atoms with Gasteiger partial charge in [-0.15, -0.1) is 0 Å². The minimum absolute atomic E-state index is 0.166. The average Bonchev–Trinajstić information content (AvgIpc) is 3.21. The minimum atomic E-state index is -1.51. The first-order valence-corrected chi connectivity index (χ1v) is 11.0. The molecule has 176 valence electrons. The van der Waals surface area contributed by atoms with Crippen molar-refractivity contribution in [2.24, 2.45) is 0 Å². The average molecular weight is 501 g/mol. The van der Waals surface area contributed by atoms with E-state index in [4.69, 9.17) is 28.3 Å². The van der Waals surface area contributed by atoms with Crippen molar-refractivity contribution in [3.05, 3.63) is 80.3 Å². The number of carbonyl (C=O) groups excluding carboxylic acids is 1. The smallest absolute Gasteiger partial charge is 0.349 e. The SMILES string of the molecule is CNC.O=C(O)C(Cl)=C(Cl)C(=O)Nc1ccc2c(=O)n3c(nc2c1)C(=Cc1ccccc1)CC3. The number of aromatic nitrogens is 2. The van der Waals surface area contributed by atoms with E-state index in [-0.39, 0.29) is 5.56 Å². The monoisotopic (exact) mass is 500 g/mol. The molecule has 3 aromatic rings. The third-order valence-corrected chi connectivity index (χ3v) is 5.63. The number of aliphatic carboxylic acids is 1. The Hall–Kier alpha value is -3.46. The second-order valence-electron chi connectivity index (χ2n) is 7.34. The molecular formula is C24H22Cl2N4O4. The van der Waals surface area contributed by atoms with Gasteiger partial charge in [0.25, 0.3) is 11.5 Å². The van der Waals surface area contributed by atoms with Crippen molar-refractivity contribution in [1.82, 2.24) is 14.9 Å². The lowest BCUT2D eigenvalue weighted by Gasteiger charge is -2.09. The lowest BCUT2D eigenvalue weighted by molar-refractivity contribution is -0.132. The van der Waals surface area contributed by atoms with Crippen molar-refractivity contribution >= 4 is 63.3 Å². The molecule has 0 atom stereocenters. The van der Waals surface area contributed by atoms with E-state index < -0.39 is 21.9 Å². The zero-order valence-corrected chi connectivity index (χ0v) is 19.9. The molecule has 0 aliphatic carbocycles. The number of hydrogen-bond donors (Lipinski definition) is 3. The van der Waals surface area contributed by atoms with Crippen molar-refractivity contribution in [3.63, 3.8) is 0 Å². The van der Waals surface area contributed by atoms with Crippen LogP contribution < -0.4 is 16.2 Å². The van der Waals surface area contributed by atoms with Gasteiger partial charge in [0, 0.05) is 12.2 Å². The zero-order chi connectivity index (χ0) is 24.8. The maximum Gasteiger partial charge on any atom is 0.349 e. The number of fused-ring (bicyclic) bond motifs is 2. The highest BCUT2D eigenvalue weighted by molar-refractivity contribution is 6.54. The van der Waals surface area contributed by atoms with Crippen LogP contribution in [0.15, 0.2) is 63.4 Å². The lowest BCUT2D eigenvalue weighted by atomic mass is 10.1. The predicted molar refractivity (Wildman–Crippen MR) is 135 cm³/mol. The lowest BCUT2D eigenvalue weighted by Crippen LogP contribution is -2.21. The van der Waals surface area contributed by atoms with Crippen LogP contribution in [0.2, 0.25) is 0 Å². The van der Waals surface area contributed by atoms with Gasteiger partial charge in [-0.3, -0.25) is 14.2 Å². The van der Waals surface area contributed by atoms with E-state index in [0.29, 0.717) is 35.4 Å². The van der Waals surface area contributed by atoms with Gasteiger partial charge < -0.3 is 15.7 Å². The maximum atomic E-state index is 12.9. The fourth-order valence-corrected chi connectivity index (χ4v) is 3.58. The fourth-order valence-electron chi connectivity index (χ4n) is 3.36. The molecule has 10 heteroatoms. The summed E-state index contributed by atoms with van der Waals surface area (Å²) in [4.78, 5) is 40.6. The molecule has 2 heterocycles.